The smallest absolute Gasteiger partial charge is 0.352 e. The van der Waals surface area contributed by atoms with Crippen LogP contribution in [0.4, 0.5) is 13.2 Å². The number of benzene rings is 1. The van der Waals surface area contributed by atoms with Crippen LogP contribution in [-0.2, 0) is 6.18 Å². The minimum Gasteiger partial charge on any atom is -0.352 e. The predicted octanol–water partition coefficient (Wildman–Crippen LogP) is 2.04. The molecule has 1 aliphatic rings. The first-order valence-electron chi connectivity index (χ1n) is 6.13. The van der Waals surface area contributed by atoms with E-state index in [-0.39, 0.29) is 11.5 Å². The fourth-order valence-electron chi connectivity index (χ4n) is 2.04. The number of hydrogen-bond acceptors (Lipinski definition) is 2. The van der Waals surface area contributed by atoms with Crippen molar-refractivity contribution in [2.45, 2.75) is 12.6 Å². The number of halogens is 3. The summed E-state index contributed by atoms with van der Waals surface area (Å²) in [7, 11) is 0. The fraction of sp³-hybridized carbons (Fsp3) is 0.462. The van der Waals surface area contributed by atoms with Gasteiger partial charge in [-0.2, -0.15) is 13.2 Å². The molecular formula is C13H15F3N2O. The summed E-state index contributed by atoms with van der Waals surface area (Å²) >= 11 is 0. The summed E-state index contributed by atoms with van der Waals surface area (Å²) < 4.78 is 37.1. The lowest BCUT2D eigenvalue weighted by molar-refractivity contribution is -0.137. The van der Waals surface area contributed by atoms with Crippen LogP contribution in [0.2, 0.25) is 0 Å². The Morgan fingerprint density at radius 3 is 2.53 bits per heavy atom. The molecular weight excluding hydrogens is 257 g/mol. The number of hydrogen-bond donors (Lipinski definition) is 2. The summed E-state index contributed by atoms with van der Waals surface area (Å²) in [6, 6.07) is 4.24. The first-order valence-corrected chi connectivity index (χ1v) is 6.13. The molecule has 0 saturated carbocycles. The molecule has 0 spiro atoms. The lowest BCUT2D eigenvalue weighted by Gasteiger charge is -2.11. The van der Waals surface area contributed by atoms with Gasteiger partial charge in [-0.05, 0) is 49.7 Å². The minimum absolute atomic E-state index is 0.249. The van der Waals surface area contributed by atoms with E-state index in [9.17, 15) is 18.0 Å². The monoisotopic (exact) mass is 272 g/mol. The van der Waals surface area contributed by atoms with Gasteiger partial charge in [-0.1, -0.05) is 0 Å². The van der Waals surface area contributed by atoms with Gasteiger partial charge in [0.15, 0.2) is 0 Å². The average molecular weight is 272 g/mol. The average Bonchev–Trinajstić information content (AvgIpc) is 2.88. The topological polar surface area (TPSA) is 41.1 Å². The molecule has 19 heavy (non-hydrogen) atoms. The zero-order valence-corrected chi connectivity index (χ0v) is 10.3. The molecule has 2 rings (SSSR count). The van der Waals surface area contributed by atoms with Gasteiger partial charge in [0.05, 0.1) is 5.56 Å². The third-order valence-electron chi connectivity index (χ3n) is 3.19. The van der Waals surface area contributed by atoms with Crippen LogP contribution < -0.4 is 10.6 Å². The standard InChI is InChI=1S/C13H15F3N2O/c14-13(15,16)11-3-1-10(2-4-11)12(19)18-8-9-5-6-17-7-9/h1-4,9,17H,5-8H2,(H,18,19). The molecule has 1 atom stereocenters. The van der Waals surface area contributed by atoms with Crippen molar-refractivity contribution in [1.82, 2.24) is 10.6 Å². The van der Waals surface area contributed by atoms with Crippen LogP contribution in [-0.4, -0.2) is 25.5 Å². The highest BCUT2D eigenvalue weighted by molar-refractivity contribution is 5.94. The molecule has 0 aliphatic carbocycles. The Kier molecular flexibility index (Phi) is 4.09. The highest BCUT2D eigenvalue weighted by Gasteiger charge is 2.30. The maximum absolute atomic E-state index is 12.4. The number of amides is 1. The zero-order valence-electron chi connectivity index (χ0n) is 10.3. The zero-order chi connectivity index (χ0) is 13.9. The number of alkyl halides is 3. The molecule has 6 heteroatoms. The second kappa shape index (κ2) is 5.61. The van der Waals surface area contributed by atoms with E-state index in [4.69, 9.17) is 0 Å². The van der Waals surface area contributed by atoms with E-state index in [0.717, 1.165) is 31.6 Å². The van der Waals surface area contributed by atoms with Crippen molar-refractivity contribution in [3.63, 3.8) is 0 Å². The molecule has 1 saturated heterocycles. The van der Waals surface area contributed by atoms with Crippen molar-refractivity contribution in [2.24, 2.45) is 5.92 Å². The lowest BCUT2D eigenvalue weighted by Crippen LogP contribution is -2.30. The maximum Gasteiger partial charge on any atom is 0.416 e. The van der Waals surface area contributed by atoms with Gasteiger partial charge >= 0.3 is 6.18 Å². The van der Waals surface area contributed by atoms with Crippen molar-refractivity contribution in [3.8, 4) is 0 Å². The second-order valence-corrected chi connectivity index (χ2v) is 4.64. The molecule has 1 fully saturated rings. The molecule has 104 valence electrons. The van der Waals surface area contributed by atoms with E-state index in [2.05, 4.69) is 10.6 Å². The molecule has 1 aliphatic heterocycles. The Balaban J connectivity index is 1.92. The van der Waals surface area contributed by atoms with E-state index in [1.165, 1.54) is 12.1 Å². The van der Waals surface area contributed by atoms with E-state index in [1.807, 2.05) is 0 Å². The molecule has 0 bridgehead atoms. The summed E-state index contributed by atoms with van der Waals surface area (Å²) in [4.78, 5) is 11.7. The summed E-state index contributed by atoms with van der Waals surface area (Å²) in [6.07, 6.45) is -3.36. The van der Waals surface area contributed by atoms with Gasteiger partial charge in [-0.3, -0.25) is 4.79 Å². The van der Waals surface area contributed by atoms with Gasteiger partial charge in [0.25, 0.3) is 5.91 Å². The SMILES string of the molecule is O=C(NCC1CCNC1)c1ccc(C(F)(F)F)cc1. The molecule has 2 N–H and O–H groups in total. The highest BCUT2D eigenvalue weighted by atomic mass is 19.4. The molecule has 1 aromatic carbocycles. The number of nitrogens with one attached hydrogen (secondary N) is 2. The summed E-state index contributed by atoms with van der Waals surface area (Å²) in [5, 5.41) is 5.92. The van der Waals surface area contributed by atoms with Crippen LogP contribution in [0.5, 0.6) is 0 Å². The highest BCUT2D eigenvalue weighted by Crippen LogP contribution is 2.29. The number of carbonyl (C=O) groups excluding carboxylic acids is 1. The van der Waals surface area contributed by atoms with Crippen molar-refractivity contribution >= 4 is 5.91 Å². The Hall–Kier alpha value is -1.56. The predicted molar refractivity (Wildman–Crippen MR) is 64.8 cm³/mol. The van der Waals surface area contributed by atoms with Crippen LogP contribution in [0.1, 0.15) is 22.3 Å². The molecule has 1 heterocycles. The first-order chi connectivity index (χ1) is 8.97. The summed E-state index contributed by atoms with van der Waals surface area (Å²) in [5.74, 6) is 0.0685. The second-order valence-electron chi connectivity index (χ2n) is 4.64. The van der Waals surface area contributed by atoms with Crippen LogP contribution in [0.25, 0.3) is 0 Å². The van der Waals surface area contributed by atoms with Gasteiger partial charge in [0.2, 0.25) is 0 Å². The number of carbonyl (C=O) groups is 1. The largest absolute Gasteiger partial charge is 0.416 e. The van der Waals surface area contributed by atoms with Gasteiger partial charge in [-0.15, -0.1) is 0 Å². The van der Waals surface area contributed by atoms with Crippen molar-refractivity contribution < 1.29 is 18.0 Å². The van der Waals surface area contributed by atoms with Gasteiger partial charge in [-0.25, -0.2) is 0 Å². The van der Waals surface area contributed by atoms with Crippen molar-refractivity contribution in [3.05, 3.63) is 35.4 Å². The van der Waals surface area contributed by atoms with Crippen LogP contribution >= 0.6 is 0 Å². The molecule has 1 unspecified atom stereocenters. The third-order valence-corrected chi connectivity index (χ3v) is 3.19. The van der Waals surface area contributed by atoms with Crippen molar-refractivity contribution in [1.29, 1.82) is 0 Å². The normalized spacial score (nSPS) is 19.4. The summed E-state index contributed by atoms with van der Waals surface area (Å²) in [6.45, 7) is 2.36. The summed E-state index contributed by atoms with van der Waals surface area (Å²) in [5.41, 5.74) is -0.497. The van der Waals surface area contributed by atoms with Gasteiger partial charge in [0.1, 0.15) is 0 Å². The Labute approximate surface area is 109 Å². The molecule has 1 aromatic rings. The molecule has 0 aromatic heterocycles. The maximum atomic E-state index is 12.4. The Morgan fingerprint density at radius 1 is 1.32 bits per heavy atom. The Bertz CT molecular complexity index is 436. The van der Waals surface area contributed by atoms with Gasteiger partial charge in [0, 0.05) is 12.1 Å². The van der Waals surface area contributed by atoms with Crippen molar-refractivity contribution in [2.75, 3.05) is 19.6 Å². The van der Waals surface area contributed by atoms with Crippen LogP contribution in [0.15, 0.2) is 24.3 Å². The third kappa shape index (κ3) is 3.70. The quantitative estimate of drug-likeness (QED) is 0.884. The Morgan fingerprint density at radius 2 is 2.00 bits per heavy atom. The first kappa shape index (κ1) is 13.9. The van der Waals surface area contributed by atoms with Crippen LogP contribution in [0.3, 0.4) is 0 Å². The van der Waals surface area contributed by atoms with Gasteiger partial charge < -0.3 is 10.6 Å². The van der Waals surface area contributed by atoms with E-state index >= 15 is 0 Å². The molecule has 3 nitrogen and oxygen atoms in total. The van der Waals surface area contributed by atoms with E-state index < -0.39 is 11.7 Å². The van der Waals surface area contributed by atoms with E-state index in [0.29, 0.717) is 12.5 Å². The molecule has 1 amide bonds. The fourth-order valence-corrected chi connectivity index (χ4v) is 2.04. The lowest BCUT2D eigenvalue weighted by atomic mass is 10.1. The van der Waals surface area contributed by atoms with E-state index in [1.54, 1.807) is 0 Å². The molecule has 0 radical (unpaired) electrons. The number of rotatable bonds is 3. The minimum atomic E-state index is -4.37. The van der Waals surface area contributed by atoms with Crippen LogP contribution in [0, 0.1) is 5.92 Å².